The Morgan fingerprint density at radius 2 is 0.938 bits per heavy atom. The molecule has 0 spiro atoms. The summed E-state index contributed by atoms with van der Waals surface area (Å²) in [6.07, 6.45) is 0. The molecule has 0 N–H and O–H groups in total. The summed E-state index contributed by atoms with van der Waals surface area (Å²) in [7, 11) is -13.4. The topological polar surface area (TPSA) is 150 Å². The van der Waals surface area contributed by atoms with Crippen LogP contribution in [-0.2, 0) is 24.8 Å². The third kappa shape index (κ3) is 8.36. The van der Waals surface area contributed by atoms with Gasteiger partial charge in [-0.15, -0.1) is 0 Å². The summed E-state index contributed by atoms with van der Waals surface area (Å²) in [5.74, 6) is -0.0679. The molecule has 0 atom stereocenters. The molecule has 158 valence electrons. The van der Waals surface area contributed by atoms with Crippen molar-refractivity contribution in [3.05, 3.63) is 78.9 Å². The van der Waals surface area contributed by atoms with Gasteiger partial charge in [-0.3, -0.25) is 0 Å². The minimum Gasteiger partial charge on any atom is -0.744 e. The smallest absolute Gasteiger partial charge is 0.744 e. The largest absolute Gasteiger partial charge is 1.00 e. The Kier molecular flexibility index (Phi) is 12.0. The number of benzene rings is 3. The fraction of sp³-hybridized carbons (Fsp3) is 0. The Hall–Kier alpha value is 0.583. The van der Waals surface area contributed by atoms with Gasteiger partial charge >= 0.3 is 110 Å². The average molecular weight is 547 g/mol. The summed E-state index contributed by atoms with van der Waals surface area (Å²) >= 11 is 0. The summed E-state index contributed by atoms with van der Waals surface area (Å²) in [5.41, 5.74) is 0. The van der Waals surface area contributed by atoms with Gasteiger partial charge in [-0.2, -0.15) is 0 Å². The fourth-order valence-electron chi connectivity index (χ4n) is 2.35. The SMILES string of the molecule is O=P(Oc1ccc(S(=O)(=O)[O-])cc1)(Oc1ccc(S(=O)(=O)[O-])cc1)c1ccccc1.[K+].[K+]. The molecular weight excluding hydrogens is 533 g/mol. The van der Waals surface area contributed by atoms with Crippen molar-refractivity contribution in [2.75, 3.05) is 0 Å². The van der Waals surface area contributed by atoms with E-state index < -0.39 is 37.6 Å². The fourth-order valence-corrected chi connectivity index (χ4v) is 4.87. The number of hydrogen-bond acceptors (Lipinski definition) is 9. The summed E-state index contributed by atoms with van der Waals surface area (Å²) < 4.78 is 90.8. The van der Waals surface area contributed by atoms with Crippen LogP contribution in [0.4, 0.5) is 0 Å². The van der Waals surface area contributed by atoms with Gasteiger partial charge in [0.1, 0.15) is 31.7 Å². The second-order valence-corrected chi connectivity index (χ2v) is 10.5. The molecule has 0 unspecified atom stereocenters. The van der Waals surface area contributed by atoms with Crippen LogP contribution in [0.5, 0.6) is 11.5 Å². The first-order chi connectivity index (χ1) is 14.0. The summed E-state index contributed by atoms with van der Waals surface area (Å²) in [6.45, 7) is 0. The van der Waals surface area contributed by atoms with Gasteiger partial charge < -0.3 is 18.2 Å². The van der Waals surface area contributed by atoms with Gasteiger partial charge in [0.15, 0.2) is 0 Å². The Morgan fingerprint density at radius 1 is 0.594 bits per heavy atom. The first kappa shape index (κ1) is 30.6. The first-order valence-electron chi connectivity index (χ1n) is 8.14. The van der Waals surface area contributed by atoms with Crippen LogP contribution in [-0.4, -0.2) is 25.9 Å². The molecule has 0 aliphatic rings. The molecule has 0 amide bonds. The first-order valence-corrected chi connectivity index (χ1v) is 12.5. The molecule has 3 aromatic carbocycles. The van der Waals surface area contributed by atoms with Gasteiger partial charge in [0.25, 0.3) is 0 Å². The molecule has 0 aliphatic heterocycles. The Morgan fingerprint density at radius 3 is 1.25 bits per heavy atom. The van der Waals surface area contributed by atoms with Crippen LogP contribution in [0, 0.1) is 0 Å². The monoisotopic (exact) mass is 546 g/mol. The maximum Gasteiger partial charge on any atom is 1.00 e. The maximum atomic E-state index is 13.5. The average Bonchev–Trinajstić information content (AvgIpc) is 2.68. The molecule has 0 heterocycles. The van der Waals surface area contributed by atoms with Crippen molar-refractivity contribution in [1.82, 2.24) is 0 Å². The van der Waals surface area contributed by atoms with Gasteiger partial charge in [-0.1, -0.05) is 18.2 Å². The Labute approximate surface area is 270 Å². The zero-order valence-electron chi connectivity index (χ0n) is 16.9. The second-order valence-electron chi connectivity index (χ2n) is 5.87. The molecule has 32 heavy (non-hydrogen) atoms. The zero-order valence-corrected chi connectivity index (χ0v) is 25.7. The molecule has 0 fully saturated rings. The van der Waals surface area contributed by atoms with E-state index in [1.807, 2.05) is 0 Å². The number of rotatable bonds is 7. The zero-order chi connectivity index (χ0) is 22.0. The third-order valence-electron chi connectivity index (χ3n) is 3.75. The van der Waals surface area contributed by atoms with E-state index in [1.165, 1.54) is 12.1 Å². The van der Waals surface area contributed by atoms with Crippen LogP contribution >= 0.6 is 7.60 Å². The van der Waals surface area contributed by atoms with Gasteiger partial charge in [0.05, 0.1) is 15.1 Å². The van der Waals surface area contributed by atoms with E-state index in [1.54, 1.807) is 18.2 Å². The van der Waals surface area contributed by atoms with E-state index in [-0.39, 0.29) is 120 Å². The molecule has 9 nitrogen and oxygen atoms in total. The predicted molar refractivity (Wildman–Crippen MR) is 104 cm³/mol. The predicted octanol–water partition coefficient (Wildman–Crippen LogP) is -3.52. The van der Waals surface area contributed by atoms with Crippen molar-refractivity contribution in [1.29, 1.82) is 0 Å². The van der Waals surface area contributed by atoms with Crippen LogP contribution in [0.25, 0.3) is 0 Å². The van der Waals surface area contributed by atoms with E-state index in [0.717, 1.165) is 48.5 Å². The van der Waals surface area contributed by atoms with Crippen LogP contribution in [0.2, 0.25) is 0 Å². The molecule has 3 aromatic rings. The minimum absolute atomic E-state index is 0. The van der Waals surface area contributed by atoms with Crippen molar-refractivity contribution in [2.24, 2.45) is 0 Å². The Balaban J connectivity index is 0.00000256. The van der Waals surface area contributed by atoms with E-state index in [2.05, 4.69) is 0 Å². The molecule has 0 aliphatic carbocycles. The normalized spacial score (nSPS) is 11.6. The van der Waals surface area contributed by atoms with Crippen LogP contribution in [0.15, 0.2) is 88.7 Å². The van der Waals surface area contributed by atoms with Crippen molar-refractivity contribution >= 4 is 33.1 Å². The molecular formula is C18H13K2O9PS2. The van der Waals surface area contributed by atoms with Crippen LogP contribution in [0.3, 0.4) is 0 Å². The molecule has 14 heteroatoms. The van der Waals surface area contributed by atoms with Crippen molar-refractivity contribution in [3.63, 3.8) is 0 Å². The third-order valence-corrected chi connectivity index (χ3v) is 7.28. The standard InChI is InChI=1S/C18H15O9PS2.2K/c19-28(16-4-2-1-3-5-16,26-14-6-10-17(11-7-14)29(20,21)22)27-15-8-12-18(13-9-15)30(23,24)25;;/h1-13H,(H,20,21,22)(H,23,24,25);;/q;2*+1/p-2. The van der Waals surface area contributed by atoms with Crippen molar-refractivity contribution < 1.29 is 142 Å². The molecule has 3 rings (SSSR count). The number of hydrogen-bond donors (Lipinski definition) is 0. The van der Waals surface area contributed by atoms with Gasteiger partial charge in [-0.05, 0) is 60.7 Å². The van der Waals surface area contributed by atoms with Gasteiger partial charge in [0, 0.05) is 0 Å². The maximum absolute atomic E-state index is 13.5. The van der Waals surface area contributed by atoms with Crippen LogP contribution in [0.1, 0.15) is 0 Å². The van der Waals surface area contributed by atoms with E-state index in [9.17, 15) is 30.5 Å². The Bertz CT molecular complexity index is 1220. The quantitative estimate of drug-likeness (QED) is 0.167. The van der Waals surface area contributed by atoms with Crippen molar-refractivity contribution in [3.8, 4) is 11.5 Å². The van der Waals surface area contributed by atoms with E-state index in [0.29, 0.717) is 0 Å². The summed E-state index contributed by atoms with van der Waals surface area (Å²) in [4.78, 5) is -0.973. The van der Waals surface area contributed by atoms with Gasteiger partial charge in [-0.25, -0.2) is 21.4 Å². The minimum atomic E-state index is -4.66. The molecule has 0 aromatic heterocycles. The summed E-state index contributed by atoms with van der Waals surface area (Å²) in [6, 6.07) is 16.4. The van der Waals surface area contributed by atoms with Gasteiger partial charge in [0.2, 0.25) is 0 Å². The van der Waals surface area contributed by atoms with Crippen molar-refractivity contribution in [2.45, 2.75) is 9.79 Å². The molecule has 0 saturated carbocycles. The molecule has 0 saturated heterocycles. The second kappa shape index (κ2) is 12.5. The molecule has 0 bridgehead atoms. The van der Waals surface area contributed by atoms with Crippen LogP contribution < -0.4 is 117 Å². The van der Waals surface area contributed by atoms with E-state index >= 15 is 0 Å². The summed E-state index contributed by atoms with van der Waals surface area (Å²) in [5, 5.41) is 0.158. The molecule has 0 radical (unpaired) electrons. The van der Waals surface area contributed by atoms with E-state index in [4.69, 9.17) is 9.05 Å².